The molecule has 0 saturated heterocycles. The number of benzene rings is 2. The summed E-state index contributed by atoms with van der Waals surface area (Å²) < 4.78 is 5.87. The Labute approximate surface area is 188 Å². The van der Waals surface area contributed by atoms with Gasteiger partial charge < -0.3 is 10.1 Å². The van der Waals surface area contributed by atoms with E-state index in [-0.39, 0.29) is 11.0 Å². The molecule has 1 saturated carbocycles. The predicted octanol–water partition coefficient (Wildman–Crippen LogP) is 6.22. The fraction of sp³-hybridized carbons (Fsp3) is 0.333. The fourth-order valence-corrected chi connectivity index (χ4v) is 3.86. The van der Waals surface area contributed by atoms with Crippen molar-refractivity contribution in [3.63, 3.8) is 0 Å². The van der Waals surface area contributed by atoms with Crippen LogP contribution in [0.3, 0.4) is 0 Å². The van der Waals surface area contributed by atoms with Crippen molar-refractivity contribution in [1.82, 2.24) is 5.32 Å². The quantitative estimate of drug-likeness (QED) is 0.395. The Morgan fingerprint density at radius 1 is 1.07 bits per heavy atom. The molecule has 1 aliphatic rings. The normalized spacial score (nSPS) is 14.4. The maximum Gasteiger partial charge on any atom is 0.250 e. The molecular weight excluding hydrogens is 416 g/mol. The molecule has 0 spiro atoms. The highest BCUT2D eigenvalue weighted by molar-refractivity contribution is 7.80. The first-order valence-corrected chi connectivity index (χ1v) is 11.2. The summed E-state index contributed by atoms with van der Waals surface area (Å²) in [6.07, 6.45) is 11.0. The van der Waals surface area contributed by atoms with E-state index in [0.29, 0.717) is 5.02 Å². The van der Waals surface area contributed by atoms with Gasteiger partial charge in [0, 0.05) is 16.8 Å². The highest BCUT2D eigenvalue weighted by Gasteiger charge is 2.13. The third-order valence-electron chi connectivity index (χ3n) is 5.17. The van der Waals surface area contributed by atoms with Crippen molar-refractivity contribution in [2.24, 2.45) is 5.92 Å². The minimum absolute atomic E-state index is 0.242. The van der Waals surface area contributed by atoms with Gasteiger partial charge in [-0.05, 0) is 72.6 Å². The molecule has 2 aromatic carbocycles. The van der Waals surface area contributed by atoms with E-state index < -0.39 is 0 Å². The lowest BCUT2D eigenvalue weighted by Crippen LogP contribution is -2.32. The largest absolute Gasteiger partial charge is 0.494 e. The van der Waals surface area contributed by atoms with Gasteiger partial charge in [0.25, 0.3) is 0 Å². The van der Waals surface area contributed by atoms with E-state index in [1.54, 1.807) is 18.2 Å². The van der Waals surface area contributed by atoms with Gasteiger partial charge in [0.05, 0.1) is 6.61 Å². The number of anilines is 1. The molecule has 2 aromatic rings. The first-order chi connectivity index (χ1) is 14.6. The highest BCUT2D eigenvalue weighted by atomic mass is 35.5. The van der Waals surface area contributed by atoms with E-state index in [4.69, 9.17) is 28.6 Å². The molecule has 158 valence electrons. The lowest BCUT2D eigenvalue weighted by Gasteiger charge is -2.21. The molecule has 3 rings (SSSR count). The van der Waals surface area contributed by atoms with Crippen LogP contribution in [-0.2, 0) is 4.79 Å². The summed E-state index contributed by atoms with van der Waals surface area (Å²) in [7, 11) is 0. The minimum Gasteiger partial charge on any atom is -0.494 e. The van der Waals surface area contributed by atoms with Crippen molar-refractivity contribution in [1.29, 1.82) is 0 Å². The maximum atomic E-state index is 12.0. The topological polar surface area (TPSA) is 50.4 Å². The van der Waals surface area contributed by atoms with Gasteiger partial charge in [0.2, 0.25) is 5.91 Å². The van der Waals surface area contributed by atoms with Crippen molar-refractivity contribution < 1.29 is 9.53 Å². The third kappa shape index (κ3) is 7.81. The summed E-state index contributed by atoms with van der Waals surface area (Å²) >= 11 is 11.1. The molecule has 1 fully saturated rings. The first kappa shape index (κ1) is 22.3. The Hall–Kier alpha value is -2.37. The summed E-state index contributed by atoms with van der Waals surface area (Å²) in [4.78, 5) is 12.0. The second-order valence-electron chi connectivity index (χ2n) is 7.49. The van der Waals surface area contributed by atoms with Crippen molar-refractivity contribution >= 4 is 46.6 Å². The number of nitrogens with one attached hydrogen (secondary N) is 2. The summed E-state index contributed by atoms with van der Waals surface area (Å²) in [5, 5.41) is 6.54. The fourth-order valence-electron chi connectivity index (χ4n) is 3.52. The monoisotopic (exact) mass is 442 g/mol. The zero-order valence-electron chi connectivity index (χ0n) is 16.9. The molecule has 0 bridgehead atoms. The number of rotatable bonds is 7. The summed E-state index contributed by atoms with van der Waals surface area (Å²) in [5.74, 6) is 1.36. The van der Waals surface area contributed by atoms with Gasteiger partial charge >= 0.3 is 0 Å². The van der Waals surface area contributed by atoms with E-state index in [0.717, 1.165) is 35.9 Å². The molecule has 6 heteroatoms. The van der Waals surface area contributed by atoms with Gasteiger partial charge in [0.1, 0.15) is 5.75 Å². The average Bonchev–Trinajstić information content (AvgIpc) is 2.75. The smallest absolute Gasteiger partial charge is 0.250 e. The van der Waals surface area contributed by atoms with Crippen LogP contribution < -0.4 is 15.4 Å². The number of thiocarbonyl (C=S) groups is 1. The Morgan fingerprint density at radius 3 is 2.47 bits per heavy atom. The van der Waals surface area contributed by atoms with E-state index in [1.807, 2.05) is 36.4 Å². The molecule has 0 radical (unpaired) electrons. The average molecular weight is 443 g/mol. The van der Waals surface area contributed by atoms with Crippen LogP contribution in [-0.4, -0.2) is 17.6 Å². The number of carbonyl (C=O) groups excluding carboxylic acids is 1. The SMILES string of the molecule is O=C(/C=C/c1ccc(Cl)cc1)NC(=S)Nc1ccc(OCCC2CCCCC2)cc1. The predicted molar refractivity (Wildman–Crippen MR) is 128 cm³/mol. The zero-order chi connectivity index (χ0) is 21.2. The number of hydrogen-bond donors (Lipinski definition) is 2. The van der Waals surface area contributed by atoms with Crippen molar-refractivity contribution in [2.45, 2.75) is 38.5 Å². The molecule has 0 aliphatic heterocycles. The van der Waals surface area contributed by atoms with Crippen molar-refractivity contribution in [2.75, 3.05) is 11.9 Å². The Bertz CT molecular complexity index is 860. The van der Waals surface area contributed by atoms with Gasteiger partial charge in [-0.15, -0.1) is 0 Å². The number of ether oxygens (including phenoxy) is 1. The van der Waals surface area contributed by atoms with Gasteiger partial charge in [0.15, 0.2) is 5.11 Å². The number of amides is 1. The van der Waals surface area contributed by atoms with Gasteiger partial charge in [-0.3, -0.25) is 10.1 Å². The first-order valence-electron chi connectivity index (χ1n) is 10.4. The van der Waals surface area contributed by atoms with Crippen LogP contribution in [0, 0.1) is 5.92 Å². The molecule has 4 nitrogen and oxygen atoms in total. The molecule has 0 aromatic heterocycles. The minimum atomic E-state index is -0.301. The summed E-state index contributed by atoms with van der Waals surface area (Å²) in [6, 6.07) is 14.8. The zero-order valence-corrected chi connectivity index (χ0v) is 18.5. The number of hydrogen-bond acceptors (Lipinski definition) is 3. The molecule has 1 amide bonds. The summed E-state index contributed by atoms with van der Waals surface area (Å²) in [5.41, 5.74) is 1.68. The van der Waals surface area contributed by atoms with Crippen LogP contribution in [0.15, 0.2) is 54.6 Å². The molecule has 0 atom stereocenters. The number of carbonyl (C=O) groups is 1. The van der Waals surface area contributed by atoms with Crippen molar-refractivity contribution in [3.05, 3.63) is 65.2 Å². The molecule has 2 N–H and O–H groups in total. The second kappa shape index (κ2) is 11.7. The van der Waals surface area contributed by atoms with E-state index in [1.165, 1.54) is 38.2 Å². The van der Waals surface area contributed by atoms with Gasteiger partial charge in [-0.1, -0.05) is 55.8 Å². The van der Waals surface area contributed by atoms with Crippen LogP contribution in [0.25, 0.3) is 6.08 Å². The van der Waals surface area contributed by atoms with Crippen LogP contribution in [0.1, 0.15) is 44.1 Å². The van der Waals surface area contributed by atoms with Crippen LogP contribution in [0.4, 0.5) is 5.69 Å². The standard InChI is InChI=1S/C24H27ClN2O2S/c25-20-9-6-19(7-10-20)8-15-23(28)27-24(30)26-21-11-13-22(14-12-21)29-17-16-18-4-2-1-3-5-18/h6-15,18H,1-5,16-17H2,(H2,26,27,28,30)/b15-8+. The third-order valence-corrected chi connectivity index (χ3v) is 5.62. The van der Waals surface area contributed by atoms with E-state index >= 15 is 0 Å². The molecule has 30 heavy (non-hydrogen) atoms. The lowest BCUT2D eigenvalue weighted by molar-refractivity contribution is -0.115. The number of halogens is 1. The summed E-state index contributed by atoms with van der Waals surface area (Å²) in [6.45, 7) is 0.756. The Balaban J connectivity index is 1.39. The van der Waals surface area contributed by atoms with E-state index in [2.05, 4.69) is 10.6 Å². The van der Waals surface area contributed by atoms with Crippen LogP contribution >= 0.6 is 23.8 Å². The molecule has 0 unspecified atom stereocenters. The van der Waals surface area contributed by atoms with Gasteiger partial charge in [-0.25, -0.2) is 0 Å². The maximum absolute atomic E-state index is 12.0. The second-order valence-corrected chi connectivity index (χ2v) is 8.34. The van der Waals surface area contributed by atoms with Crippen molar-refractivity contribution in [3.8, 4) is 5.75 Å². The van der Waals surface area contributed by atoms with Gasteiger partial charge in [-0.2, -0.15) is 0 Å². The van der Waals surface area contributed by atoms with E-state index in [9.17, 15) is 4.79 Å². The lowest BCUT2D eigenvalue weighted by atomic mass is 9.87. The highest BCUT2D eigenvalue weighted by Crippen LogP contribution is 2.26. The Kier molecular flexibility index (Phi) is 8.72. The van der Waals surface area contributed by atoms with Crippen LogP contribution in [0.2, 0.25) is 5.02 Å². The molecule has 1 aliphatic carbocycles. The van der Waals surface area contributed by atoms with Crippen LogP contribution in [0.5, 0.6) is 5.75 Å². The Morgan fingerprint density at radius 2 is 1.77 bits per heavy atom. The molecular formula is C24H27ClN2O2S. The molecule has 0 heterocycles.